The van der Waals surface area contributed by atoms with Crippen LogP contribution in [0.4, 0.5) is 0 Å². The van der Waals surface area contributed by atoms with E-state index in [0.717, 1.165) is 12.1 Å². The van der Waals surface area contributed by atoms with E-state index in [1.807, 2.05) is 0 Å². The van der Waals surface area contributed by atoms with Crippen molar-refractivity contribution >= 4 is 18.4 Å². The summed E-state index contributed by atoms with van der Waals surface area (Å²) in [5, 5.41) is 42.1. The van der Waals surface area contributed by atoms with Gasteiger partial charge in [-0.2, -0.15) is 0 Å². The molecule has 0 aliphatic heterocycles. The molecule has 1 aromatic rings. The maximum atomic E-state index is 10.6. The maximum Gasteiger partial charge on any atom is 0.340 e. The Morgan fingerprint density at radius 3 is 1.83 bits per heavy atom. The van der Waals surface area contributed by atoms with Gasteiger partial charge in [-0.3, -0.25) is 4.79 Å². The standard InChI is InChI=1S/C8H6O6.CH2O2.H3N/c9-4-2-1-3(7(11)12)5(6(4)10)8(13)14;2-1-3;/h1-2,9-10H,(H,11,12)(H,13,14);1H,(H,2,3);1H3. The highest BCUT2D eigenvalue weighted by atomic mass is 16.4. The fourth-order valence-corrected chi connectivity index (χ4v) is 0.975. The van der Waals surface area contributed by atoms with Crippen molar-refractivity contribution in [1.29, 1.82) is 0 Å². The topological polar surface area (TPSA) is 187 Å². The molecule has 8 N–H and O–H groups in total. The summed E-state index contributed by atoms with van der Waals surface area (Å²) in [5.74, 6) is -4.72. The molecule has 1 rings (SSSR count). The van der Waals surface area contributed by atoms with Gasteiger partial charge in [0, 0.05) is 0 Å². The molecule has 0 aromatic heterocycles. The number of hydrogen-bond acceptors (Lipinski definition) is 6. The molecule has 0 atom stereocenters. The summed E-state index contributed by atoms with van der Waals surface area (Å²) in [7, 11) is 0. The fourth-order valence-electron chi connectivity index (χ4n) is 0.975. The van der Waals surface area contributed by atoms with Gasteiger partial charge < -0.3 is 31.7 Å². The smallest absolute Gasteiger partial charge is 0.340 e. The number of aromatic hydroxyl groups is 2. The van der Waals surface area contributed by atoms with Crippen molar-refractivity contribution in [2.45, 2.75) is 0 Å². The highest BCUT2D eigenvalue weighted by Crippen LogP contribution is 2.31. The lowest BCUT2D eigenvalue weighted by atomic mass is 10.1. The predicted molar refractivity (Wildman–Crippen MR) is 57.4 cm³/mol. The third kappa shape index (κ3) is 3.98. The fraction of sp³-hybridized carbons (Fsp3) is 0. The van der Waals surface area contributed by atoms with E-state index in [1.165, 1.54) is 0 Å². The molecule has 0 aliphatic rings. The Kier molecular flexibility index (Phi) is 7.29. The normalized spacial score (nSPS) is 8.22. The van der Waals surface area contributed by atoms with Crippen LogP contribution in [0.15, 0.2) is 12.1 Å². The molecule has 0 aliphatic carbocycles. The zero-order chi connectivity index (χ0) is 13.6. The predicted octanol–water partition coefficient (Wildman–Crippen LogP) is 0.357. The van der Waals surface area contributed by atoms with Crippen LogP contribution in [0.1, 0.15) is 20.7 Å². The average molecular weight is 261 g/mol. The molecule has 0 heterocycles. The summed E-state index contributed by atoms with van der Waals surface area (Å²) in [5.41, 5.74) is -1.40. The Hall–Kier alpha value is -2.81. The first-order valence-electron chi connectivity index (χ1n) is 3.96. The number of hydrogen-bond donors (Lipinski definition) is 6. The van der Waals surface area contributed by atoms with Gasteiger partial charge in [-0.05, 0) is 12.1 Å². The Bertz CT molecular complexity index is 456. The van der Waals surface area contributed by atoms with E-state index in [0.29, 0.717) is 0 Å². The number of benzene rings is 1. The van der Waals surface area contributed by atoms with Crippen molar-refractivity contribution in [3.8, 4) is 11.5 Å². The second kappa shape index (κ2) is 7.46. The number of carbonyl (C=O) groups is 3. The number of phenolic OH excluding ortho intramolecular Hbond substituents is 1. The van der Waals surface area contributed by atoms with E-state index < -0.39 is 34.6 Å². The van der Waals surface area contributed by atoms with Crippen LogP contribution in [-0.4, -0.2) is 43.9 Å². The lowest BCUT2D eigenvalue weighted by Gasteiger charge is -2.04. The number of aromatic carboxylic acids is 2. The minimum Gasteiger partial charge on any atom is -0.504 e. The Morgan fingerprint density at radius 2 is 1.50 bits per heavy atom. The molecule has 9 nitrogen and oxygen atoms in total. The molecule has 0 unspecified atom stereocenters. The van der Waals surface area contributed by atoms with Crippen LogP contribution in [0, 0.1) is 0 Å². The largest absolute Gasteiger partial charge is 0.504 e. The zero-order valence-electron chi connectivity index (χ0n) is 8.90. The van der Waals surface area contributed by atoms with Crippen molar-refractivity contribution in [1.82, 2.24) is 6.15 Å². The molecule has 9 heteroatoms. The minimum atomic E-state index is -1.61. The van der Waals surface area contributed by atoms with Crippen molar-refractivity contribution < 1.29 is 39.9 Å². The lowest BCUT2D eigenvalue weighted by Crippen LogP contribution is -2.08. The van der Waals surface area contributed by atoms with Gasteiger partial charge in [-0.15, -0.1) is 0 Å². The molecule has 0 radical (unpaired) electrons. The van der Waals surface area contributed by atoms with Gasteiger partial charge in [0.2, 0.25) is 0 Å². The minimum absolute atomic E-state index is 0. The van der Waals surface area contributed by atoms with Crippen LogP contribution in [-0.2, 0) is 4.79 Å². The number of phenols is 2. The van der Waals surface area contributed by atoms with Gasteiger partial charge in [-0.25, -0.2) is 9.59 Å². The van der Waals surface area contributed by atoms with E-state index in [-0.39, 0.29) is 12.6 Å². The van der Waals surface area contributed by atoms with Crippen LogP contribution in [0.2, 0.25) is 0 Å². The molecule has 0 saturated carbocycles. The van der Waals surface area contributed by atoms with E-state index in [9.17, 15) is 9.59 Å². The first-order valence-corrected chi connectivity index (χ1v) is 3.96. The first kappa shape index (κ1) is 17.6. The molecule has 0 fully saturated rings. The molecular formula is C9H11NO8. The molecule has 18 heavy (non-hydrogen) atoms. The molecule has 0 bridgehead atoms. The summed E-state index contributed by atoms with van der Waals surface area (Å²) < 4.78 is 0. The van der Waals surface area contributed by atoms with Gasteiger partial charge in [0.1, 0.15) is 5.56 Å². The van der Waals surface area contributed by atoms with Crippen LogP contribution in [0.5, 0.6) is 11.5 Å². The SMILES string of the molecule is N.O=C(O)c1ccc(O)c(O)c1C(=O)O.O=CO. The monoisotopic (exact) mass is 261 g/mol. The maximum absolute atomic E-state index is 10.6. The third-order valence-corrected chi connectivity index (χ3v) is 1.60. The summed E-state index contributed by atoms with van der Waals surface area (Å²) >= 11 is 0. The summed E-state index contributed by atoms with van der Waals surface area (Å²) in [6.07, 6.45) is 0. The van der Waals surface area contributed by atoms with Crippen LogP contribution < -0.4 is 6.15 Å². The second-order valence-corrected chi connectivity index (χ2v) is 2.57. The van der Waals surface area contributed by atoms with Crippen molar-refractivity contribution in [3.05, 3.63) is 23.3 Å². The molecule has 0 spiro atoms. The Labute approximate surface area is 100 Å². The van der Waals surface area contributed by atoms with E-state index in [1.54, 1.807) is 0 Å². The number of carboxylic acids is 2. The molecular weight excluding hydrogens is 250 g/mol. The summed E-state index contributed by atoms with van der Waals surface area (Å²) in [4.78, 5) is 29.5. The van der Waals surface area contributed by atoms with Crippen molar-refractivity contribution in [2.75, 3.05) is 0 Å². The average Bonchev–Trinajstić information content (AvgIpc) is 2.22. The molecule has 100 valence electrons. The zero-order valence-corrected chi connectivity index (χ0v) is 8.90. The van der Waals surface area contributed by atoms with E-state index in [2.05, 4.69) is 0 Å². The summed E-state index contributed by atoms with van der Waals surface area (Å²) in [6.45, 7) is -0.250. The number of rotatable bonds is 2. The molecule has 0 amide bonds. The van der Waals surface area contributed by atoms with Gasteiger partial charge in [0.25, 0.3) is 6.47 Å². The Balaban J connectivity index is 0. The van der Waals surface area contributed by atoms with Gasteiger partial charge in [0.05, 0.1) is 5.56 Å². The third-order valence-electron chi connectivity index (χ3n) is 1.60. The molecule has 0 saturated heterocycles. The highest BCUT2D eigenvalue weighted by Gasteiger charge is 2.22. The first-order chi connectivity index (χ1) is 7.86. The van der Waals surface area contributed by atoms with E-state index in [4.69, 9.17) is 30.3 Å². The van der Waals surface area contributed by atoms with Crippen LogP contribution in [0.3, 0.4) is 0 Å². The summed E-state index contributed by atoms with van der Waals surface area (Å²) in [6, 6.07) is 1.81. The highest BCUT2D eigenvalue weighted by molar-refractivity contribution is 6.04. The van der Waals surface area contributed by atoms with Gasteiger partial charge >= 0.3 is 11.9 Å². The van der Waals surface area contributed by atoms with Crippen molar-refractivity contribution in [2.24, 2.45) is 0 Å². The lowest BCUT2D eigenvalue weighted by molar-refractivity contribution is -0.122. The number of carboxylic acid groups (broad SMARTS) is 3. The second-order valence-electron chi connectivity index (χ2n) is 2.57. The quantitative estimate of drug-likeness (QED) is 0.322. The van der Waals surface area contributed by atoms with Crippen LogP contribution in [0.25, 0.3) is 0 Å². The van der Waals surface area contributed by atoms with Gasteiger partial charge in [0.15, 0.2) is 11.5 Å². The van der Waals surface area contributed by atoms with Gasteiger partial charge in [-0.1, -0.05) is 0 Å². The van der Waals surface area contributed by atoms with Crippen molar-refractivity contribution in [3.63, 3.8) is 0 Å². The van der Waals surface area contributed by atoms with Crippen LogP contribution >= 0.6 is 0 Å². The Morgan fingerprint density at radius 1 is 1.06 bits per heavy atom. The van der Waals surface area contributed by atoms with E-state index >= 15 is 0 Å². The molecule has 1 aromatic carbocycles.